The summed E-state index contributed by atoms with van der Waals surface area (Å²) in [6.07, 6.45) is -4.12. The van der Waals surface area contributed by atoms with Crippen LogP contribution in [0.25, 0.3) is 0 Å². The zero-order chi connectivity index (χ0) is 20.6. The average molecular weight is 402 g/mol. The van der Waals surface area contributed by atoms with Crippen LogP contribution in [0.3, 0.4) is 0 Å². The molecule has 158 valence electrons. The summed E-state index contributed by atoms with van der Waals surface area (Å²) in [5.41, 5.74) is 0. The van der Waals surface area contributed by atoms with Crippen molar-refractivity contribution in [2.24, 2.45) is 5.92 Å². The standard InChI is InChI=1S/C16H26F8O2/c1-2-3-5-8-13(17,18)15(21,22)16(23,24)14(19,20)9-6-4-7-12(10-25)11-26/h12,25-26H,2-11H2,1H3. The Bertz CT molecular complexity index is 398. The highest BCUT2D eigenvalue weighted by Gasteiger charge is 2.79. The van der Waals surface area contributed by atoms with E-state index in [0.717, 1.165) is 0 Å². The summed E-state index contributed by atoms with van der Waals surface area (Å²) >= 11 is 0. The second-order valence-corrected chi connectivity index (χ2v) is 6.49. The quantitative estimate of drug-likeness (QED) is 0.307. The Labute approximate surface area is 147 Å². The van der Waals surface area contributed by atoms with Crippen molar-refractivity contribution in [3.8, 4) is 0 Å². The summed E-state index contributed by atoms with van der Waals surface area (Å²) in [5, 5.41) is 17.6. The van der Waals surface area contributed by atoms with Gasteiger partial charge in [0.1, 0.15) is 0 Å². The lowest BCUT2D eigenvalue weighted by molar-refractivity contribution is -0.368. The summed E-state index contributed by atoms with van der Waals surface area (Å²) in [4.78, 5) is 0. The van der Waals surface area contributed by atoms with Crippen LogP contribution in [0.1, 0.15) is 58.3 Å². The van der Waals surface area contributed by atoms with Crippen molar-refractivity contribution in [3.63, 3.8) is 0 Å². The van der Waals surface area contributed by atoms with Gasteiger partial charge in [-0.3, -0.25) is 0 Å². The Morgan fingerprint density at radius 1 is 0.654 bits per heavy atom. The van der Waals surface area contributed by atoms with Gasteiger partial charge in [-0.15, -0.1) is 0 Å². The predicted octanol–water partition coefficient (Wildman–Crippen LogP) is 5.27. The molecule has 0 radical (unpaired) electrons. The predicted molar refractivity (Wildman–Crippen MR) is 80.1 cm³/mol. The van der Waals surface area contributed by atoms with E-state index >= 15 is 0 Å². The molecule has 2 nitrogen and oxygen atoms in total. The van der Waals surface area contributed by atoms with Crippen LogP contribution in [0.5, 0.6) is 0 Å². The molecule has 0 aliphatic heterocycles. The SMILES string of the molecule is CCCCCC(F)(F)C(F)(F)C(F)(F)C(F)(F)CCCCC(CO)CO. The van der Waals surface area contributed by atoms with Gasteiger partial charge in [0.15, 0.2) is 0 Å². The Morgan fingerprint density at radius 2 is 1.04 bits per heavy atom. The third-order valence-electron chi connectivity index (χ3n) is 4.28. The molecule has 2 N–H and O–H groups in total. The van der Waals surface area contributed by atoms with Gasteiger partial charge in [0.05, 0.1) is 0 Å². The van der Waals surface area contributed by atoms with E-state index < -0.39 is 68.5 Å². The van der Waals surface area contributed by atoms with Crippen LogP contribution in [-0.2, 0) is 0 Å². The summed E-state index contributed by atoms with van der Waals surface area (Å²) in [6.45, 7) is 0.674. The maximum absolute atomic E-state index is 13.6. The molecule has 0 rings (SSSR count). The van der Waals surface area contributed by atoms with Crippen molar-refractivity contribution in [3.05, 3.63) is 0 Å². The topological polar surface area (TPSA) is 40.5 Å². The first-order valence-corrected chi connectivity index (χ1v) is 8.53. The lowest BCUT2D eigenvalue weighted by Crippen LogP contribution is -2.62. The lowest BCUT2D eigenvalue weighted by Gasteiger charge is -2.37. The first-order valence-electron chi connectivity index (χ1n) is 8.53. The van der Waals surface area contributed by atoms with Crippen molar-refractivity contribution < 1.29 is 45.3 Å². The number of rotatable bonds is 14. The van der Waals surface area contributed by atoms with E-state index in [9.17, 15) is 35.1 Å². The minimum Gasteiger partial charge on any atom is -0.396 e. The molecule has 0 saturated carbocycles. The van der Waals surface area contributed by atoms with E-state index in [1.807, 2.05) is 0 Å². The van der Waals surface area contributed by atoms with Crippen molar-refractivity contribution >= 4 is 0 Å². The largest absolute Gasteiger partial charge is 0.396 e. The molecule has 0 aromatic carbocycles. The summed E-state index contributed by atoms with van der Waals surface area (Å²) in [6, 6.07) is 0. The second kappa shape index (κ2) is 10.1. The van der Waals surface area contributed by atoms with E-state index in [1.165, 1.54) is 0 Å². The molecule has 0 aromatic rings. The third-order valence-corrected chi connectivity index (χ3v) is 4.28. The normalized spacial score (nSPS) is 14.3. The Kier molecular flexibility index (Phi) is 9.81. The maximum Gasteiger partial charge on any atom is 0.378 e. The number of aliphatic hydroxyl groups excluding tert-OH is 2. The van der Waals surface area contributed by atoms with Gasteiger partial charge in [-0.25, -0.2) is 0 Å². The van der Waals surface area contributed by atoms with Crippen molar-refractivity contribution in [2.75, 3.05) is 13.2 Å². The van der Waals surface area contributed by atoms with Gasteiger partial charge in [0.2, 0.25) is 0 Å². The number of halogens is 8. The molecule has 0 bridgehead atoms. The smallest absolute Gasteiger partial charge is 0.378 e. The summed E-state index contributed by atoms with van der Waals surface area (Å²) in [5.74, 6) is -23.6. The number of alkyl halides is 8. The number of hydrogen-bond acceptors (Lipinski definition) is 2. The molecule has 10 heteroatoms. The van der Waals surface area contributed by atoms with Gasteiger partial charge in [-0.1, -0.05) is 26.2 Å². The molecule has 0 amide bonds. The fourth-order valence-corrected chi connectivity index (χ4v) is 2.39. The van der Waals surface area contributed by atoms with Gasteiger partial charge in [0, 0.05) is 32.0 Å². The molecule has 0 unspecified atom stereocenters. The highest BCUT2D eigenvalue weighted by molar-refractivity contribution is 5.03. The zero-order valence-electron chi connectivity index (χ0n) is 14.6. The first kappa shape index (κ1) is 25.4. The number of hydrogen-bond donors (Lipinski definition) is 2. The van der Waals surface area contributed by atoms with Crippen LogP contribution < -0.4 is 0 Å². The van der Waals surface area contributed by atoms with Crippen LogP contribution in [0, 0.1) is 5.92 Å². The Hall–Kier alpha value is -0.640. The number of aliphatic hydroxyl groups is 2. The Morgan fingerprint density at radius 3 is 1.38 bits per heavy atom. The molecule has 0 saturated heterocycles. The monoisotopic (exact) mass is 402 g/mol. The maximum atomic E-state index is 13.6. The van der Waals surface area contributed by atoms with Crippen molar-refractivity contribution in [1.82, 2.24) is 0 Å². The first-order chi connectivity index (χ1) is 11.8. The van der Waals surface area contributed by atoms with Gasteiger partial charge < -0.3 is 10.2 Å². The van der Waals surface area contributed by atoms with Crippen LogP contribution >= 0.6 is 0 Å². The molecule has 0 atom stereocenters. The van der Waals surface area contributed by atoms with Crippen LogP contribution in [0.15, 0.2) is 0 Å². The lowest BCUT2D eigenvalue weighted by atomic mass is 9.91. The summed E-state index contributed by atoms with van der Waals surface area (Å²) < 4.78 is 109. The average Bonchev–Trinajstić information content (AvgIpc) is 2.54. The van der Waals surface area contributed by atoms with E-state index in [4.69, 9.17) is 10.2 Å². The number of unbranched alkanes of at least 4 members (excludes halogenated alkanes) is 3. The minimum atomic E-state index is -6.21. The third kappa shape index (κ3) is 5.94. The molecule has 0 aliphatic carbocycles. The fraction of sp³-hybridized carbons (Fsp3) is 1.00. The van der Waals surface area contributed by atoms with Crippen LogP contribution in [0.2, 0.25) is 0 Å². The minimum absolute atomic E-state index is 0.0121. The zero-order valence-corrected chi connectivity index (χ0v) is 14.6. The summed E-state index contributed by atoms with van der Waals surface area (Å²) in [7, 11) is 0. The van der Waals surface area contributed by atoms with Gasteiger partial charge in [-0.2, -0.15) is 35.1 Å². The van der Waals surface area contributed by atoms with Crippen LogP contribution in [0.4, 0.5) is 35.1 Å². The van der Waals surface area contributed by atoms with Gasteiger partial charge in [0.25, 0.3) is 0 Å². The molecular weight excluding hydrogens is 376 g/mol. The van der Waals surface area contributed by atoms with Crippen LogP contribution in [-0.4, -0.2) is 47.1 Å². The van der Waals surface area contributed by atoms with E-state index in [2.05, 4.69) is 0 Å². The van der Waals surface area contributed by atoms with Crippen molar-refractivity contribution in [1.29, 1.82) is 0 Å². The van der Waals surface area contributed by atoms with E-state index in [0.29, 0.717) is 6.42 Å². The Balaban J connectivity index is 4.99. The molecule has 0 aliphatic rings. The van der Waals surface area contributed by atoms with Gasteiger partial charge >= 0.3 is 23.7 Å². The molecule has 26 heavy (non-hydrogen) atoms. The highest BCUT2D eigenvalue weighted by Crippen LogP contribution is 2.55. The molecule has 0 spiro atoms. The van der Waals surface area contributed by atoms with E-state index in [-0.39, 0.29) is 19.3 Å². The molecule has 0 heterocycles. The van der Waals surface area contributed by atoms with Crippen molar-refractivity contribution in [2.45, 2.75) is 82.0 Å². The highest BCUT2D eigenvalue weighted by atomic mass is 19.4. The molecule has 0 aromatic heterocycles. The van der Waals surface area contributed by atoms with E-state index in [1.54, 1.807) is 6.92 Å². The molecule has 0 fully saturated rings. The fourth-order valence-electron chi connectivity index (χ4n) is 2.39. The van der Waals surface area contributed by atoms with Gasteiger partial charge in [-0.05, 0) is 19.3 Å². The molecular formula is C16H26F8O2. The second-order valence-electron chi connectivity index (χ2n) is 6.49.